The van der Waals surface area contributed by atoms with Gasteiger partial charge < -0.3 is 5.32 Å². The Balaban J connectivity index is 1.24. The van der Waals surface area contributed by atoms with Crippen LogP contribution >= 0.6 is 11.6 Å². The van der Waals surface area contributed by atoms with Crippen molar-refractivity contribution in [2.24, 2.45) is 23.7 Å². The van der Waals surface area contributed by atoms with Crippen LogP contribution in [0.15, 0.2) is 48.8 Å². The number of amides is 1. The molecule has 1 N–H and O–H groups in total. The van der Waals surface area contributed by atoms with E-state index in [0.29, 0.717) is 34.5 Å². The Morgan fingerprint density at radius 1 is 1.10 bits per heavy atom. The lowest BCUT2D eigenvalue weighted by Crippen LogP contribution is -2.26. The van der Waals surface area contributed by atoms with E-state index in [0.717, 1.165) is 36.6 Å². The second-order valence-electron chi connectivity index (χ2n) is 9.12. The summed E-state index contributed by atoms with van der Waals surface area (Å²) in [6, 6.07) is 10.4. The first-order valence-electron chi connectivity index (χ1n) is 10.9. The molecule has 0 bridgehead atoms. The fourth-order valence-corrected chi connectivity index (χ4v) is 5.84. The molecule has 0 radical (unpaired) electrons. The average Bonchev–Trinajstić information content (AvgIpc) is 3.33. The average molecular weight is 438 g/mol. The van der Waals surface area contributed by atoms with Crippen molar-refractivity contribution in [3.63, 3.8) is 0 Å². The maximum atomic E-state index is 13.8. The van der Waals surface area contributed by atoms with Crippen molar-refractivity contribution >= 4 is 34.2 Å². The third-order valence-electron chi connectivity index (χ3n) is 7.33. The molecule has 6 heteroatoms. The fraction of sp³-hybridized carbons (Fsp3) is 0.400. The maximum Gasteiger partial charge on any atom is 0.228 e. The Labute approximate surface area is 186 Å². The quantitative estimate of drug-likeness (QED) is 0.527. The first-order chi connectivity index (χ1) is 15.0. The van der Waals surface area contributed by atoms with E-state index >= 15 is 0 Å². The third-order valence-corrected chi connectivity index (χ3v) is 7.55. The standard InChI is InChI=1S/C25H25ClFN3O/c1-14(25(31)30-24-5-2-19(26)13-29-24)15-8-16-10-18(11-17(16)9-15)21-6-7-28-23-4-3-20(27)12-22(21)23/h2-7,12-18H,8-11H2,1H3,(H,29,30,31)/t14-,15?,16-,17?,18?/m1/s1. The van der Waals surface area contributed by atoms with Crippen LogP contribution in [-0.4, -0.2) is 15.9 Å². The number of fused-ring (bicyclic) bond motifs is 2. The largest absolute Gasteiger partial charge is 0.310 e. The highest BCUT2D eigenvalue weighted by molar-refractivity contribution is 6.30. The van der Waals surface area contributed by atoms with Crippen LogP contribution < -0.4 is 5.32 Å². The molecule has 2 fully saturated rings. The third kappa shape index (κ3) is 4.03. The molecule has 5 rings (SSSR count). The number of halogens is 2. The molecule has 5 atom stereocenters. The summed E-state index contributed by atoms with van der Waals surface area (Å²) in [6.07, 6.45) is 7.72. The summed E-state index contributed by atoms with van der Waals surface area (Å²) in [4.78, 5) is 21.3. The Morgan fingerprint density at radius 3 is 2.58 bits per heavy atom. The molecule has 4 nitrogen and oxygen atoms in total. The zero-order valence-electron chi connectivity index (χ0n) is 17.4. The first kappa shape index (κ1) is 20.4. The number of hydrogen-bond donors (Lipinski definition) is 1. The predicted octanol–water partition coefficient (Wildman–Crippen LogP) is 6.22. The van der Waals surface area contributed by atoms with Crippen molar-refractivity contribution in [1.82, 2.24) is 9.97 Å². The zero-order valence-corrected chi connectivity index (χ0v) is 18.1. The number of hydrogen-bond acceptors (Lipinski definition) is 3. The molecular weight excluding hydrogens is 413 g/mol. The summed E-state index contributed by atoms with van der Waals surface area (Å²) in [5.74, 6) is 2.35. The Hall–Kier alpha value is -2.53. The van der Waals surface area contributed by atoms with Crippen molar-refractivity contribution in [3.05, 3.63) is 65.2 Å². The number of carbonyl (C=O) groups is 1. The first-order valence-corrected chi connectivity index (χ1v) is 11.3. The number of nitrogens with zero attached hydrogens (tertiary/aromatic N) is 2. The highest BCUT2D eigenvalue weighted by Gasteiger charge is 2.44. The van der Waals surface area contributed by atoms with Gasteiger partial charge in [-0.1, -0.05) is 18.5 Å². The lowest BCUT2D eigenvalue weighted by Gasteiger charge is -2.21. The van der Waals surface area contributed by atoms with Crippen LogP contribution in [0.4, 0.5) is 10.2 Å². The van der Waals surface area contributed by atoms with E-state index in [2.05, 4.69) is 21.4 Å². The van der Waals surface area contributed by atoms with Gasteiger partial charge in [0.25, 0.3) is 0 Å². The second-order valence-corrected chi connectivity index (χ2v) is 9.56. The number of rotatable bonds is 4. The van der Waals surface area contributed by atoms with Gasteiger partial charge in [-0.05, 0) is 91.3 Å². The Morgan fingerprint density at radius 2 is 1.87 bits per heavy atom. The molecule has 2 aliphatic carbocycles. The second kappa shape index (κ2) is 8.19. The van der Waals surface area contributed by atoms with Crippen molar-refractivity contribution in [1.29, 1.82) is 0 Å². The van der Waals surface area contributed by atoms with Crippen LogP contribution in [0.25, 0.3) is 10.9 Å². The van der Waals surface area contributed by atoms with Crippen LogP contribution in [0.1, 0.15) is 44.1 Å². The van der Waals surface area contributed by atoms with Gasteiger partial charge in [-0.15, -0.1) is 0 Å². The molecule has 3 unspecified atom stereocenters. The molecule has 2 aromatic heterocycles. The normalized spacial score (nSPS) is 26.0. The van der Waals surface area contributed by atoms with Gasteiger partial charge in [0.2, 0.25) is 5.91 Å². The van der Waals surface area contributed by atoms with E-state index in [9.17, 15) is 9.18 Å². The van der Waals surface area contributed by atoms with E-state index in [1.807, 2.05) is 13.1 Å². The van der Waals surface area contributed by atoms with Gasteiger partial charge in [0.1, 0.15) is 11.6 Å². The van der Waals surface area contributed by atoms with Gasteiger partial charge in [0.05, 0.1) is 10.5 Å². The van der Waals surface area contributed by atoms with Crippen molar-refractivity contribution in [3.8, 4) is 0 Å². The molecule has 0 saturated heterocycles. The molecular formula is C25H25ClFN3O. The number of anilines is 1. The molecule has 1 aromatic carbocycles. The minimum Gasteiger partial charge on any atom is -0.310 e. The molecule has 160 valence electrons. The fourth-order valence-electron chi connectivity index (χ4n) is 5.73. The molecule has 1 amide bonds. The SMILES string of the molecule is C[C@@H](C(=O)Nc1ccc(Cl)cn1)C1CC2CC(c3ccnc4ccc(F)cc34)C[C@H]2C1. The lowest BCUT2D eigenvalue weighted by molar-refractivity contribution is -0.120. The van der Waals surface area contributed by atoms with Crippen LogP contribution in [0.3, 0.4) is 0 Å². The molecule has 2 aliphatic rings. The Bertz CT molecular complexity index is 1110. The molecule has 0 spiro atoms. The summed E-state index contributed by atoms with van der Waals surface area (Å²) in [7, 11) is 0. The summed E-state index contributed by atoms with van der Waals surface area (Å²) in [6.45, 7) is 2.02. The summed E-state index contributed by atoms with van der Waals surface area (Å²) in [5, 5.41) is 4.41. The van der Waals surface area contributed by atoms with Gasteiger partial charge in [0, 0.05) is 23.7 Å². The zero-order chi connectivity index (χ0) is 21.5. The summed E-state index contributed by atoms with van der Waals surface area (Å²) < 4.78 is 13.8. The lowest BCUT2D eigenvalue weighted by atomic mass is 9.86. The van der Waals surface area contributed by atoms with E-state index in [1.165, 1.54) is 17.8 Å². The van der Waals surface area contributed by atoms with E-state index in [-0.39, 0.29) is 17.6 Å². The van der Waals surface area contributed by atoms with Crippen LogP contribution in [-0.2, 0) is 4.79 Å². The smallest absolute Gasteiger partial charge is 0.228 e. The van der Waals surface area contributed by atoms with Gasteiger partial charge >= 0.3 is 0 Å². The molecule has 2 heterocycles. The number of nitrogens with one attached hydrogen (secondary N) is 1. The number of aromatic nitrogens is 2. The molecule has 2 saturated carbocycles. The number of carbonyl (C=O) groups excluding carboxylic acids is 1. The van der Waals surface area contributed by atoms with Crippen LogP contribution in [0.5, 0.6) is 0 Å². The van der Waals surface area contributed by atoms with E-state index in [4.69, 9.17) is 11.6 Å². The molecule has 3 aromatic rings. The van der Waals surface area contributed by atoms with Crippen LogP contribution in [0.2, 0.25) is 5.02 Å². The number of pyridine rings is 2. The highest BCUT2D eigenvalue weighted by Crippen LogP contribution is 2.54. The van der Waals surface area contributed by atoms with Crippen molar-refractivity contribution < 1.29 is 9.18 Å². The van der Waals surface area contributed by atoms with Gasteiger partial charge in [-0.2, -0.15) is 0 Å². The predicted molar refractivity (Wildman–Crippen MR) is 120 cm³/mol. The minimum atomic E-state index is -0.213. The van der Waals surface area contributed by atoms with Crippen LogP contribution in [0, 0.1) is 29.5 Å². The maximum absolute atomic E-state index is 13.8. The van der Waals surface area contributed by atoms with Gasteiger partial charge in [-0.3, -0.25) is 9.78 Å². The monoisotopic (exact) mass is 437 g/mol. The highest BCUT2D eigenvalue weighted by atomic mass is 35.5. The van der Waals surface area contributed by atoms with E-state index in [1.54, 1.807) is 24.3 Å². The Kier molecular flexibility index (Phi) is 5.39. The molecule has 0 aliphatic heterocycles. The minimum absolute atomic E-state index is 0.0203. The van der Waals surface area contributed by atoms with Gasteiger partial charge in [-0.25, -0.2) is 9.37 Å². The van der Waals surface area contributed by atoms with E-state index < -0.39 is 0 Å². The molecule has 31 heavy (non-hydrogen) atoms. The van der Waals surface area contributed by atoms with Gasteiger partial charge in [0.15, 0.2) is 0 Å². The summed E-state index contributed by atoms with van der Waals surface area (Å²) in [5.41, 5.74) is 2.07. The topological polar surface area (TPSA) is 54.9 Å². The summed E-state index contributed by atoms with van der Waals surface area (Å²) >= 11 is 5.87. The van der Waals surface area contributed by atoms with Crippen molar-refractivity contribution in [2.75, 3.05) is 5.32 Å². The number of benzene rings is 1. The van der Waals surface area contributed by atoms with Crippen molar-refractivity contribution in [2.45, 2.75) is 38.5 Å².